The number of urea groups is 1. The normalized spacial score (nSPS) is 12.6. The summed E-state index contributed by atoms with van der Waals surface area (Å²) in [4.78, 5) is 11.9. The Bertz CT molecular complexity index is 706. The van der Waals surface area contributed by atoms with Gasteiger partial charge in [0.05, 0.1) is 10.7 Å². The number of ether oxygens (including phenoxy) is 2. The molecule has 0 bridgehead atoms. The summed E-state index contributed by atoms with van der Waals surface area (Å²) in [6.45, 7) is 1.65. The number of anilines is 1. The number of para-hydroxylation sites is 1. The van der Waals surface area contributed by atoms with E-state index in [0.717, 1.165) is 17.1 Å². The smallest absolute Gasteiger partial charge is 0.319 e. The fourth-order valence-electron chi connectivity index (χ4n) is 2.29. The van der Waals surface area contributed by atoms with Crippen molar-refractivity contribution in [2.75, 3.05) is 25.1 Å². The number of hydrogen-bond donors (Lipinski definition) is 2. The summed E-state index contributed by atoms with van der Waals surface area (Å²) < 4.78 is 11.0. The first-order valence-electron chi connectivity index (χ1n) is 7.40. The van der Waals surface area contributed by atoms with Gasteiger partial charge in [0, 0.05) is 6.54 Å². The van der Waals surface area contributed by atoms with E-state index in [1.54, 1.807) is 12.1 Å². The monoisotopic (exact) mass is 332 g/mol. The molecule has 6 heteroatoms. The van der Waals surface area contributed by atoms with Gasteiger partial charge >= 0.3 is 6.03 Å². The third-order valence-electron chi connectivity index (χ3n) is 3.43. The summed E-state index contributed by atoms with van der Waals surface area (Å²) in [5.41, 5.74) is 1.67. The highest BCUT2D eigenvalue weighted by Crippen LogP contribution is 2.30. The molecule has 0 atom stereocenters. The van der Waals surface area contributed by atoms with Gasteiger partial charge in [-0.1, -0.05) is 29.8 Å². The van der Waals surface area contributed by atoms with E-state index in [1.807, 2.05) is 30.3 Å². The van der Waals surface area contributed by atoms with Gasteiger partial charge in [-0.15, -0.1) is 0 Å². The van der Waals surface area contributed by atoms with Crippen molar-refractivity contribution in [1.29, 1.82) is 0 Å². The molecule has 1 heterocycles. The van der Waals surface area contributed by atoms with Gasteiger partial charge in [-0.2, -0.15) is 0 Å². The second kappa shape index (κ2) is 7.24. The summed E-state index contributed by atoms with van der Waals surface area (Å²) in [6.07, 6.45) is 0.701. The number of hydrogen-bond acceptors (Lipinski definition) is 3. The quantitative estimate of drug-likeness (QED) is 0.901. The molecular weight excluding hydrogens is 316 g/mol. The predicted molar refractivity (Wildman–Crippen MR) is 89.6 cm³/mol. The topological polar surface area (TPSA) is 59.6 Å². The zero-order chi connectivity index (χ0) is 16.1. The molecule has 0 unspecified atom stereocenters. The van der Waals surface area contributed by atoms with E-state index < -0.39 is 0 Å². The van der Waals surface area contributed by atoms with Crippen LogP contribution in [-0.4, -0.2) is 25.8 Å². The molecule has 0 saturated heterocycles. The summed E-state index contributed by atoms with van der Waals surface area (Å²) in [6, 6.07) is 12.6. The van der Waals surface area contributed by atoms with E-state index in [-0.39, 0.29) is 6.03 Å². The lowest BCUT2D eigenvalue weighted by Crippen LogP contribution is -2.30. The first-order chi connectivity index (χ1) is 11.2. The molecule has 2 aromatic rings. The van der Waals surface area contributed by atoms with Crippen molar-refractivity contribution in [3.63, 3.8) is 0 Å². The summed E-state index contributed by atoms with van der Waals surface area (Å²) in [5.74, 6) is 1.53. The van der Waals surface area contributed by atoms with Crippen LogP contribution in [0.5, 0.6) is 11.5 Å². The number of carbonyl (C=O) groups excluding carboxylic acids is 1. The molecule has 23 heavy (non-hydrogen) atoms. The molecule has 5 nitrogen and oxygen atoms in total. The van der Waals surface area contributed by atoms with Crippen molar-refractivity contribution in [3.8, 4) is 11.5 Å². The fourth-order valence-corrected chi connectivity index (χ4v) is 2.48. The average Bonchev–Trinajstić information content (AvgIpc) is 2.57. The van der Waals surface area contributed by atoms with Crippen LogP contribution in [0.2, 0.25) is 5.02 Å². The van der Waals surface area contributed by atoms with E-state index in [0.29, 0.717) is 36.9 Å². The Morgan fingerprint density at radius 3 is 2.70 bits per heavy atom. The lowest BCUT2D eigenvalue weighted by molar-refractivity contribution is 0.171. The summed E-state index contributed by atoms with van der Waals surface area (Å²) in [5, 5.41) is 6.03. The Hall–Kier alpha value is -2.40. The molecule has 0 fully saturated rings. The maximum absolute atomic E-state index is 11.9. The Kier molecular flexibility index (Phi) is 4.88. The zero-order valence-corrected chi connectivity index (χ0v) is 13.2. The van der Waals surface area contributed by atoms with Crippen LogP contribution < -0.4 is 20.1 Å². The second-order valence-corrected chi connectivity index (χ2v) is 5.50. The van der Waals surface area contributed by atoms with Gasteiger partial charge in [0.2, 0.25) is 0 Å². The van der Waals surface area contributed by atoms with E-state index >= 15 is 0 Å². The molecule has 0 saturated carbocycles. The number of rotatable bonds is 4. The summed E-state index contributed by atoms with van der Waals surface area (Å²) in [7, 11) is 0. The zero-order valence-electron chi connectivity index (χ0n) is 12.5. The molecule has 2 N–H and O–H groups in total. The lowest BCUT2D eigenvalue weighted by atomic mass is 10.1. The maximum atomic E-state index is 11.9. The predicted octanol–water partition coefficient (Wildman–Crippen LogP) is 3.48. The first-order valence-corrected chi connectivity index (χ1v) is 7.78. The van der Waals surface area contributed by atoms with Crippen LogP contribution in [0.25, 0.3) is 0 Å². The van der Waals surface area contributed by atoms with Crippen LogP contribution in [0.3, 0.4) is 0 Å². The Morgan fingerprint density at radius 2 is 1.87 bits per heavy atom. The van der Waals surface area contributed by atoms with Gasteiger partial charge in [0.25, 0.3) is 0 Å². The lowest BCUT2D eigenvalue weighted by Gasteiger charge is -2.18. The van der Waals surface area contributed by atoms with Crippen molar-refractivity contribution < 1.29 is 14.3 Å². The number of halogens is 1. The van der Waals surface area contributed by atoms with Crippen molar-refractivity contribution >= 4 is 23.3 Å². The molecule has 0 radical (unpaired) electrons. The van der Waals surface area contributed by atoms with Crippen LogP contribution in [0.4, 0.5) is 10.5 Å². The van der Waals surface area contributed by atoms with Crippen molar-refractivity contribution in [1.82, 2.24) is 5.32 Å². The highest BCUT2D eigenvalue weighted by molar-refractivity contribution is 6.33. The number of amides is 2. The highest BCUT2D eigenvalue weighted by atomic mass is 35.5. The molecular formula is C17H17ClN2O3. The molecule has 0 aliphatic carbocycles. The third kappa shape index (κ3) is 4.07. The van der Waals surface area contributed by atoms with Crippen LogP contribution in [0, 0.1) is 0 Å². The van der Waals surface area contributed by atoms with E-state index in [4.69, 9.17) is 21.1 Å². The Balaban J connectivity index is 1.49. The van der Waals surface area contributed by atoms with Gasteiger partial charge < -0.3 is 20.1 Å². The average molecular weight is 333 g/mol. The standard InChI is InChI=1S/C17H17ClN2O3/c18-13-3-1-2-4-14(13)20-17(21)19-8-7-12-5-6-15-16(11-12)23-10-9-22-15/h1-6,11H,7-10H2,(H2,19,20,21). The second-order valence-electron chi connectivity index (χ2n) is 5.09. The number of fused-ring (bicyclic) bond motifs is 1. The van der Waals surface area contributed by atoms with Crippen molar-refractivity contribution in [2.24, 2.45) is 0 Å². The molecule has 1 aliphatic heterocycles. The van der Waals surface area contributed by atoms with Gasteiger partial charge in [0.1, 0.15) is 13.2 Å². The molecule has 0 spiro atoms. The minimum absolute atomic E-state index is 0.282. The van der Waals surface area contributed by atoms with Crippen LogP contribution >= 0.6 is 11.6 Å². The van der Waals surface area contributed by atoms with E-state index in [9.17, 15) is 4.79 Å². The molecule has 2 aromatic carbocycles. The molecule has 0 aromatic heterocycles. The minimum atomic E-state index is -0.282. The third-order valence-corrected chi connectivity index (χ3v) is 3.76. The molecule has 2 amide bonds. The first kappa shape index (κ1) is 15.5. The van der Waals surface area contributed by atoms with Crippen LogP contribution in [0.15, 0.2) is 42.5 Å². The highest BCUT2D eigenvalue weighted by Gasteiger charge is 2.11. The number of carbonyl (C=O) groups is 1. The van der Waals surface area contributed by atoms with Gasteiger partial charge in [-0.3, -0.25) is 0 Å². The Labute approximate surface area is 139 Å². The van der Waals surface area contributed by atoms with Crippen LogP contribution in [-0.2, 0) is 6.42 Å². The molecule has 3 rings (SSSR count). The van der Waals surface area contributed by atoms with Gasteiger partial charge in [-0.05, 0) is 36.2 Å². The van der Waals surface area contributed by atoms with E-state index in [2.05, 4.69) is 10.6 Å². The number of benzene rings is 2. The van der Waals surface area contributed by atoms with Gasteiger partial charge in [0.15, 0.2) is 11.5 Å². The fraction of sp³-hybridized carbons (Fsp3) is 0.235. The molecule has 120 valence electrons. The Morgan fingerprint density at radius 1 is 1.09 bits per heavy atom. The minimum Gasteiger partial charge on any atom is -0.486 e. The maximum Gasteiger partial charge on any atom is 0.319 e. The number of nitrogens with one attached hydrogen (secondary N) is 2. The van der Waals surface area contributed by atoms with Gasteiger partial charge in [-0.25, -0.2) is 4.79 Å². The summed E-state index contributed by atoms with van der Waals surface area (Å²) >= 11 is 6.00. The van der Waals surface area contributed by atoms with Crippen LogP contribution in [0.1, 0.15) is 5.56 Å². The van der Waals surface area contributed by atoms with Crippen molar-refractivity contribution in [2.45, 2.75) is 6.42 Å². The molecule has 1 aliphatic rings. The largest absolute Gasteiger partial charge is 0.486 e. The van der Waals surface area contributed by atoms with E-state index in [1.165, 1.54) is 0 Å². The SMILES string of the molecule is O=C(NCCc1ccc2c(c1)OCCO2)Nc1ccccc1Cl. The van der Waals surface area contributed by atoms with Crippen molar-refractivity contribution in [3.05, 3.63) is 53.1 Å².